The van der Waals surface area contributed by atoms with Crippen LogP contribution in [0, 0.1) is 6.92 Å². The number of likely N-dealkylation sites (N-methyl/N-ethyl adjacent to an activating group) is 1. The SMILES string of the molecule is Cc1cc(Br)c2c(c1)N(C)C(CC(=O)O)C(=O)N2. The number of hydrogen-bond donors (Lipinski definition) is 2. The second-order valence-electron chi connectivity index (χ2n) is 4.35. The highest BCUT2D eigenvalue weighted by atomic mass is 79.9. The molecule has 1 heterocycles. The predicted octanol–water partition coefficient (Wildman–Crippen LogP) is 1.99. The minimum atomic E-state index is -0.989. The first kappa shape index (κ1) is 12.9. The molecule has 1 atom stereocenters. The molecule has 0 spiro atoms. The van der Waals surface area contributed by atoms with Crippen molar-refractivity contribution in [2.24, 2.45) is 0 Å². The van der Waals surface area contributed by atoms with Gasteiger partial charge in [0.1, 0.15) is 6.04 Å². The van der Waals surface area contributed by atoms with E-state index in [1.807, 2.05) is 19.1 Å². The minimum absolute atomic E-state index is 0.215. The molecular weight excluding hydrogens is 300 g/mol. The number of nitrogens with one attached hydrogen (secondary N) is 1. The van der Waals surface area contributed by atoms with E-state index < -0.39 is 12.0 Å². The number of carbonyl (C=O) groups is 2. The molecule has 2 N–H and O–H groups in total. The fraction of sp³-hybridized carbons (Fsp3) is 0.333. The van der Waals surface area contributed by atoms with Crippen molar-refractivity contribution in [1.82, 2.24) is 0 Å². The van der Waals surface area contributed by atoms with Gasteiger partial charge in [-0.1, -0.05) is 0 Å². The number of anilines is 2. The lowest BCUT2D eigenvalue weighted by Gasteiger charge is -2.35. The Hall–Kier alpha value is -1.56. The lowest BCUT2D eigenvalue weighted by molar-refractivity contribution is -0.138. The molecular formula is C12H13BrN2O3. The number of fused-ring (bicyclic) bond motifs is 1. The Morgan fingerprint density at radius 1 is 1.56 bits per heavy atom. The normalized spacial score (nSPS) is 18.3. The molecule has 5 nitrogen and oxygen atoms in total. The first-order chi connectivity index (χ1) is 8.40. The Labute approximate surface area is 113 Å². The van der Waals surface area contributed by atoms with Crippen molar-refractivity contribution in [3.05, 3.63) is 22.2 Å². The molecule has 0 bridgehead atoms. The number of hydrogen-bond acceptors (Lipinski definition) is 3. The van der Waals surface area contributed by atoms with Gasteiger partial charge in [-0.25, -0.2) is 0 Å². The van der Waals surface area contributed by atoms with Gasteiger partial charge >= 0.3 is 5.97 Å². The van der Waals surface area contributed by atoms with Crippen LogP contribution in [0.15, 0.2) is 16.6 Å². The van der Waals surface area contributed by atoms with E-state index in [0.717, 1.165) is 15.7 Å². The van der Waals surface area contributed by atoms with Crippen LogP contribution in [-0.2, 0) is 9.59 Å². The molecule has 0 saturated heterocycles. The molecule has 0 aromatic heterocycles. The molecule has 0 radical (unpaired) electrons. The maximum Gasteiger partial charge on any atom is 0.305 e. The van der Waals surface area contributed by atoms with Crippen LogP contribution in [0.3, 0.4) is 0 Å². The van der Waals surface area contributed by atoms with Crippen molar-refractivity contribution in [2.45, 2.75) is 19.4 Å². The molecule has 1 unspecified atom stereocenters. The number of rotatable bonds is 2. The van der Waals surface area contributed by atoms with Crippen molar-refractivity contribution in [3.8, 4) is 0 Å². The number of aliphatic carboxylic acids is 1. The Bertz CT molecular complexity index is 530. The number of benzene rings is 1. The highest BCUT2D eigenvalue weighted by Crippen LogP contribution is 2.38. The van der Waals surface area contributed by atoms with Crippen LogP contribution >= 0.6 is 15.9 Å². The second kappa shape index (κ2) is 4.61. The first-order valence-corrected chi connectivity index (χ1v) is 6.25. The summed E-state index contributed by atoms with van der Waals surface area (Å²) in [6.07, 6.45) is -0.215. The fourth-order valence-corrected chi connectivity index (χ4v) is 2.73. The van der Waals surface area contributed by atoms with Gasteiger partial charge in [0.05, 0.1) is 17.8 Å². The fourth-order valence-electron chi connectivity index (χ4n) is 2.07. The zero-order valence-corrected chi connectivity index (χ0v) is 11.6. The van der Waals surface area contributed by atoms with Crippen LogP contribution in [0.1, 0.15) is 12.0 Å². The zero-order valence-electron chi connectivity index (χ0n) is 10.0. The summed E-state index contributed by atoms with van der Waals surface area (Å²) in [5.74, 6) is -1.28. The van der Waals surface area contributed by atoms with Crippen LogP contribution in [0.4, 0.5) is 11.4 Å². The molecule has 0 saturated carbocycles. The number of aryl methyl sites for hydroxylation is 1. The average Bonchev–Trinajstić information content (AvgIpc) is 2.26. The Morgan fingerprint density at radius 2 is 2.22 bits per heavy atom. The van der Waals surface area contributed by atoms with Crippen molar-refractivity contribution in [2.75, 3.05) is 17.3 Å². The summed E-state index contributed by atoms with van der Waals surface area (Å²) in [5, 5.41) is 11.6. The molecule has 6 heteroatoms. The Morgan fingerprint density at radius 3 is 2.83 bits per heavy atom. The molecule has 18 heavy (non-hydrogen) atoms. The summed E-state index contributed by atoms with van der Waals surface area (Å²) in [6.45, 7) is 1.95. The van der Waals surface area contributed by atoms with Gasteiger partial charge in [0.15, 0.2) is 0 Å². The van der Waals surface area contributed by atoms with Crippen LogP contribution in [0.5, 0.6) is 0 Å². The largest absolute Gasteiger partial charge is 0.481 e. The van der Waals surface area contributed by atoms with Crippen molar-refractivity contribution >= 4 is 39.2 Å². The summed E-state index contributed by atoms with van der Waals surface area (Å²) in [5.41, 5.74) is 2.56. The van der Waals surface area contributed by atoms with E-state index in [4.69, 9.17) is 5.11 Å². The van der Waals surface area contributed by atoms with E-state index in [1.54, 1.807) is 11.9 Å². The number of nitrogens with zero attached hydrogens (tertiary/aromatic N) is 1. The maximum atomic E-state index is 11.9. The molecule has 1 aliphatic heterocycles. The summed E-state index contributed by atoms with van der Waals surface area (Å²) < 4.78 is 0.798. The highest BCUT2D eigenvalue weighted by Gasteiger charge is 2.33. The number of carbonyl (C=O) groups excluding carboxylic acids is 1. The number of carboxylic acid groups (broad SMARTS) is 1. The average molecular weight is 313 g/mol. The van der Waals surface area contributed by atoms with Crippen LogP contribution in [0.25, 0.3) is 0 Å². The van der Waals surface area contributed by atoms with E-state index >= 15 is 0 Å². The summed E-state index contributed by atoms with van der Waals surface area (Å²) in [7, 11) is 1.73. The van der Waals surface area contributed by atoms with Gasteiger partial charge in [-0.15, -0.1) is 0 Å². The number of carboxylic acids is 1. The molecule has 0 aliphatic carbocycles. The third-order valence-electron chi connectivity index (χ3n) is 2.98. The standard InChI is InChI=1S/C12H13BrN2O3/c1-6-3-7(13)11-8(4-6)15(2)9(5-10(16)17)12(18)14-11/h3-4,9H,5H2,1-2H3,(H,14,18)(H,16,17). The van der Waals surface area contributed by atoms with E-state index in [0.29, 0.717) is 5.69 Å². The van der Waals surface area contributed by atoms with Gasteiger partial charge in [0.25, 0.3) is 0 Å². The molecule has 1 aliphatic rings. The number of amides is 1. The quantitative estimate of drug-likeness (QED) is 0.876. The van der Waals surface area contributed by atoms with Gasteiger partial charge in [0, 0.05) is 11.5 Å². The molecule has 96 valence electrons. The van der Waals surface area contributed by atoms with Gasteiger partial charge in [0.2, 0.25) is 5.91 Å². The first-order valence-electron chi connectivity index (χ1n) is 5.46. The van der Waals surface area contributed by atoms with Crippen molar-refractivity contribution < 1.29 is 14.7 Å². The molecule has 0 fully saturated rings. The van der Waals surface area contributed by atoms with Crippen LogP contribution in [0.2, 0.25) is 0 Å². The van der Waals surface area contributed by atoms with Crippen molar-refractivity contribution in [3.63, 3.8) is 0 Å². The Kier molecular flexibility index (Phi) is 3.30. The van der Waals surface area contributed by atoms with Gasteiger partial charge in [-0.3, -0.25) is 9.59 Å². The van der Waals surface area contributed by atoms with Gasteiger partial charge in [-0.05, 0) is 40.5 Å². The van der Waals surface area contributed by atoms with Crippen LogP contribution < -0.4 is 10.2 Å². The Balaban J connectivity index is 2.45. The molecule has 2 rings (SSSR count). The van der Waals surface area contributed by atoms with Crippen molar-refractivity contribution in [1.29, 1.82) is 0 Å². The zero-order chi connectivity index (χ0) is 13.4. The van der Waals surface area contributed by atoms with Crippen LogP contribution in [-0.4, -0.2) is 30.1 Å². The van der Waals surface area contributed by atoms with E-state index in [-0.39, 0.29) is 12.3 Å². The van der Waals surface area contributed by atoms with Gasteiger partial charge in [-0.2, -0.15) is 0 Å². The maximum absolute atomic E-state index is 11.9. The summed E-state index contributed by atoms with van der Waals surface area (Å²) in [6, 6.07) is 3.16. The third kappa shape index (κ3) is 2.20. The summed E-state index contributed by atoms with van der Waals surface area (Å²) >= 11 is 3.40. The van der Waals surface area contributed by atoms with E-state index in [2.05, 4.69) is 21.2 Å². The predicted molar refractivity (Wildman–Crippen MR) is 72.0 cm³/mol. The lowest BCUT2D eigenvalue weighted by Crippen LogP contribution is -2.47. The molecule has 1 aromatic carbocycles. The summed E-state index contributed by atoms with van der Waals surface area (Å²) in [4.78, 5) is 24.4. The lowest BCUT2D eigenvalue weighted by atomic mass is 10.0. The highest BCUT2D eigenvalue weighted by molar-refractivity contribution is 9.10. The van der Waals surface area contributed by atoms with E-state index in [9.17, 15) is 9.59 Å². The van der Waals surface area contributed by atoms with E-state index in [1.165, 1.54) is 0 Å². The van der Waals surface area contributed by atoms with Gasteiger partial charge < -0.3 is 15.3 Å². The number of halogens is 1. The third-order valence-corrected chi connectivity index (χ3v) is 3.61. The second-order valence-corrected chi connectivity index (χ2v) is 5.21. The topological polar surface area (TPSA) is 69.6 Å². The molecule has 1 amide bonds. The molecule has 1 aromatic rings. The minimum Gasteiger partial charge on any atom is -0.481 e. The monoisotopic (exact) mass is 312 g/mol. The smallest absolute Gasteiger partial charge is 0.305 e.